The number of primary sulfonamides is 1. The van der Waals surface area contributed by atoms with E-state index in [2.05, 4.69) is 25.6 Å². The van der Waals surface area contributed by atoms with Crippen molar-refractivity contribution in [2.45, 2.75) is 25.9 Å². The molecule has 2 aliphatic rings. The predicted molar refractivity (Wildman–Crippen MR) is 124 cm³/mol. The third-order valence-electron chi connectivity index (χ3n) is 4.93. The Bertz CT molecular complexity index is 1370. The van der Waals surface area contributed by atoms with E-state index in [4.69, 9.17) is 9.88 Å². The highest BCUT2D eigenvalue weighted by Gasteiger charge is 2.40. The molecule has 1 aliphatic heterocycles. The number of anilines is 4. The zero-order valence-electron chi connectivity index (χ0n) is 18.5. The fourth-order valence-electron chi connectivity index (χ4n) is 3.45. The molecule has 0 spiro atoms. The van der Waals surface area contributed by atoms with Crippen LogP contribution in [-0.2, 0) is 14.8 Å². The van der Waals surface area contributed by atoms with Crippen molar-refractivity contribution in [2.75, 3.05) is 22.6 Å². The van der Waals surface area contributed by atoms with Crippen LogP contribution in [0.15, 0.2) is 53.4 Å². The normalized spacial score (nSPS) is 18.3. The van der Waals surface area contributed by atoms with Gasteiger partial charge in [-0.25, -0.2) is 27.9 Å². The average molecular weight is 488 g/mol. The van der Waals surface area contributed by atoms with Crippen LogP contribution >= 0.6 is 0 Å². The van der Waals surface area contributed by atoms with E-state index in [9.17, 15) is 17.6 Å². The van der Waals surface area contributed by atoms with Gasteiger partial charge in [-0.1, -0.05) is 12.2 Å². The van der Waals surface area contributed by atoms with E-state index >= 15 is 0 Å². The molecule has 0 unspecified atom stereocenters. The van der Waals surface area contributed by atoms with Crippen LogP contribution < -0.4 is 25.4 Å². The molecule has 11 nitrogen and oxygen atoms in total. The van der Waals surface area contributed by atoms with Crippen molar-refractivity contribution in [2.24, 2.45) is 5.14 Å². The van der Waals surface area contributed by atoms with Crippen LogP contribution in [0.1, 0.15) is 20.3 Å². The SMILES string of the molecule is CN1C(=O)C(C)(C)Oc2cc(Nc3nc(NC4=CC=CC(=CS(N)(=O)=O)C4)ncc3F)cnc21. The highest BCUT2D eigenvalue weighted by Crippen LogP contribution is 2.37. The maximum Gasteiger partial charge on any atom is 0.271 e. The van der Waals surface area contributed by atoms with E-state index < -0.39 is 21.4 Å². The van der Waals surface area contributed by atoms with E-state index in [1.807, 2.05) is 0 Å². The van der Waals surface area contributed by atoms with Gasteiger partial charge in [0.2, 0.25) is 16.0 Å². The number of carbonyl (C=O) groups is 1. The van der Waals surface area contributed by atoms with Crippen LogP contribution in [0.4, 0.5) is 27.7 Å². The second-order valence-corrected chi connectivity index (χ2v) is 9.59. The summed E-state index contributed by atoms with van der Waals surface area (Å²) >= 11 is 0. The number of aromatic nitrogens is 3. The molecule has 0 fully saturated rings. The molecule has 178 valence electrons. The van der Waals surface area contributed by atoms with Crippen LogP contribution in [0.2, 0.25) is 0 Å². The van der Waals surface area contributed by atoms with Crippen molar-refractivity contribution in [1.82, 2.24) is 15.0 Å². The number of sulfonamides is 1. The average Bonchev–Trinajstić information content (AvgIpc) is 2.73. The van der Waals surface area contributed by atoms with Gasteiger partial charge in [-0.3, -0.25) is 9.69 Å². The Balaban J connectivity index is 1.54. The van der Waals surface area contributed by atoms with Crippen molar-refractivity contribution in [3.05, 3.63) is 59.2 Å². The maximum atomic E-state index is 14.4. The van der Waals surface area contributed by atoms with Crippen molar-refractivity contribution in [1.29, 1.82) is 0 Å². The quantitative estimate of drug-likeness (QED) is 0.577. The number of ether oxygens (including phenoxy) is 1. The van der Waals surface area contributed by atoms with Crippen LogP contribution in [0, 0.1) is 5.82 Å². The van der Waals surface area contributed by atoms with Gasteiger partial charge in [-0.05, 0) is 25.5 Å². The number of fused-ring (bicyclic) bond motifs is 1. The monoisotopic (exact) mass is 487 g/mol. The Morgan fingerprint density at radius 1 is 1.26 bits per heavy atom. The zero-order valence-corrected chi connectivity index (χ0v) is 19.4. The highest BCUT2D eigenvalue weighted by atomic mass is 32.2. The number of nitrogens with two attached hydrogens (primary N) is 1. The first kappa shape index (κ1) is 23.3. The second-order valence-electron chi connectivity index (χ2n) is 8.17. The lowest BCUT2D eigenvalue weighted by molar-refractivity contribution is -0.132. The molecule has 4 N–H and O–H groups in total. The summed E-state index contributed by atoms with van der Waals surface area (Å²) in [4.78, 5) is 26.1. The number of allylic oxidation sites excluding steroid dienone is 4. The molecule has 0 atom stereocenters. The zero-order chi connectivity index (χ0) is 24.7. The number of carbonyl (C=O) groups excluding carboxylic acids is 1. The summed E-state index contributed by atoms with van der Waals surface area (Å²) in [5.41, 5.74) is 0.380. The molecule has 0 saturated carbocycles. The van der Waals surface area contributed by atoms with Crippen LogP contribution in [0.3, 0.4) is 0 Å². The number of nitrogens with one attached hydrogen (secondary N) is 2. The fraction of sp³-hybridized carbons (Fsp3) is 0.238. The third kappa shape index (κ3) is 5.05. The molecule has 1 aliphatic carbocycles. The first-order chi connectivity index (χ1) is 15.9. The molecular formula is C21H22FN7O4S. The Kier molecular flexibility index (Phi) is 5.83. The molecule has 0 aromatic carbocycles. The number of amides is 1. The minimum Gasteiger partial charge on any atom is -0.474 e. The summed E-state index contributed by atoms with van der Waals surface area (Å²) in [5, 5.41) is 11.8. The fourth-order valence-corrected chi connectivity index (χ4v) is 4.03. The van der Waals surface area contributed by atoms with Crippen LogP contribution in [0.5, 0.6) is 5.75 Å². The molecular weight excluding hydrogens is 465 g/mol. The number of halogens is 1. The minimum absolute atomic E-state index is 0.0917. The lowest BCUT2D eigenvalue weighted by Crippen LogP contribution is -2.51. The summed E-state index contributed by atoms with van der Waals surface area (Å²) < 4.78 is 42.8. The topological polar surface area (TPSA) is 152 Å². The van der Waals surface area contributed by atoms with E-state index in [0.717, 1.165) is 11.6 Å². The van der Waals surface area contributed by atoms with Crippen LogP contribution in [0.25, 0.3) is 0 Å². The summed E-state index contributed by atoms with van der Waals surface area (Å²) in [6, 6.07) is 1.60. The van der Waals surface area contributed by atoms with Gasteiger partial charge in [0, 0.05) is 30.6 Å². The van der Waals surface area contributed by atoms with Crippen molar-refractivity contribution in [3.63, 3.8) is 0 Å². The van der Waals surface area contributed by atoms with E-state index in [1.165, 1.54) is 11.1 Å². The number of hydrogen-bond acceptors (Lipinski definition) is 9. The second kappa shape index (κ2) is 8.50. The van der Waals surface area contributed by atoms with E-state index in [0.29, 0.717) is 28.5 Å². The van der Waals surface area contributed by atoms with Gasteiger partial charge in [0.05, 0.1) is 18.1 Å². The van der Waals surface area contributed by atoms with Crippen molar-refractivity contribution < 1.29 is 22.3 Å². The lowest BCUT2D eigenvalue weighted by Gasteiger charge is -2.36. The van der Waals surface area contributed by atoms with Gasteiger partial charge < -0.3 is 15.4 Å². The van der Waals surface area contributed by atoms with Gasteiger partial charge in [0.15, 0.2) is 28.8 Å². The molecule has 1 amide bonds. The summed E-state index contributed by atoms with van der Waals surface area (Å²) in [7, 11) is -2.18. The van der Waals surface area contributed by atoms with Gasteiger partial charge in [-0.15, -0.1) is 0 Å². The number of nitrogens with zero attached hydrogens (tertiary/aromatic N) is 4. The number of rotatable bonds is 5. The van der Waals surface area contributed by atoms with Gasteiger partial charge >= 0.3 is 0 Å². The molecule has 13 heteroatoms. The van der Waals surface area contributed by atoms with E-state index in [-0.39, 0.29) is 24.1 Å². The van der Waals surface area contributed by atoms with E-state index in [1.54, 1.807) is 45.2 Å². The molecule has 34 heavy (non-hydrogen) atoms. The first-order valence-electron chi connectivity index (χ1n) is 10.1. The Morgan fingerprint density at radius 3 is 2.76 bits per heavy atom. The highest BCUT2D eigenvalue weighted by molar-refractivity contribution is 7.92. The van der Waals surface area contributed by atoms with Gasteiger partial charge in [0.1, 0.15) is 0 Å². The molecule has 0 saturated heterocycles. The minimum atomic E-state index is -3.78. The Morgan fingerprint density at radius 2 is 2.03 bits per heavy atom. The van der Waals surface area contributed by atoms with Gasteiger partial charge in [0.25, 0.3) is 5.91 Å². The lowest BCUT2D eigenvalue weighted by atomic mass is 10.1. The Hall–Kier alpha value is -3.84. The largest absolute Gasteiger partial charge is 0.474 e. The summed E-state index contributed by atoms with van der Waals surface area (Å²) in [6.45, 7) is 3.30. The maximum absolute atomic E-state index is 14.4. The smallest absolute Gasteiger partial charge is 0.271 e. The molecule has 2 aromatic rings. The molecule has 4 rings (SSSR count). The Labute approximate surface area is 195 Å². The predicted octanol–water partition coefficient (Wildman–Crippen LogP) is 2.32. The molecule has 0 bridgehead atoms. The number of likely N-dealkylation sites (N-methyl/N-ethyl adjacent to an activating group) is 1. The summed E-state index contributed by atoms with van der Waals surface area (Å²) in [5.74, 6) is -0.261. The van der Waals surface area contributed by atoms with Crippen molar-refractivity contribution in [3.8, 4) is 5.75 Å². The first-order valence-corrected chi connectivity index (χ1v) is 11.7. The van der Waals surface area contributed by atoms with Gasteiger partial charge in [-0.2, -0.15) is 4.98 Å². The number of hydrogen-bond donors (Lipinski definition) is 3. The molecule has 0 radical (unpaired) electrons. The molecule has 3 heterocycles. The van der Waals surface area contributed by atoms with Crippen molar-refractivity contribution >= 4 is 39.2 Å². The third-order valence-corrected chi connectivity index (χ3v) is 5.56. The summed E-state index contributed by atoms with van der Waals surface area (Å²) in [6.07, 6.45) is 7.64. The van der Waals surface area contributed by atoms with Crippen LogP contribution in [-0.4, -0.2) is 41.9 Å². The number of pyridine rings is 1. The molecule has 2 aromatic heterocycles. The standard InChI is InChI=1S/C21H22FN7O4S/c1-21(2)19(30)29(3)18-16(33-21)8-14(9-24-18)26-17-15(22)10-25-20(28-17)27-13-6-4-5-12(7-13)11-34(23,31)32/h4-6,8-11H,7H2,1-3H3,(H2,23,31,32)(H2,25,26,27,28).